The van der Waals surface area contributed by atoms with Crippen molar-refractivity contribution in [2.24, 2.45) is 0 Å². The maximum atomic E-state index is 5.79. The molecule has 6 heteroatoms. The molecule has 0 saturated heterocycles. The van der Waals surface area contributed by atoms with Gasteiger partial charge in [-0.1, -0.05) is 11.6 Å². The molecule has 0 aliphatic carbocycles. The van der Waals surface area contributed by atoms with Crippen LogP contribution in [0.5, 0.6) is 0 Å². The SMILES string of the molecule is Clc1ccnc(-c2nc3ncccc3[nH]2)n1. The zero-order valence-corrected chi connectivity index (χ0v) is 8.81. The molecular formula is C10H6ClN5. The molecule has 0 fully saturated rings. The third-order valence-corrected chi connectivity index (χ3v) is 2.30. The average molecular weight is 232 g/mol. The largest absolute Gasteiger partial charge is 0.334 e. The second-order valence-corrected chi connectivity index (χ2v) is 3.55. The van der Waals surface area contributed by atoms with Crippen LogP contribution in [-0.2, 0) is 0 Å². The third-order valence-electron chi connectivity index (χ3n) is 2.09. The van der Waals surface area contributed by atoms with Gasteiger partial charge < -0.3 is 4.98 Å². The van der Waals surface area contributed by atoms with E-state index in [1.807, 2.05) is 12.1 Å². The highest BCUT2D eigenvalue weighted by Gasteiger charge is 2.08. The molecule has 3 aromatic heterocycles. The predicted molar refractivity (Wildman–Crippen MR) is 59.9 cm³/mol. The minimum atomic E-state index is 0.387. The summed E-state index contributed by atoms with van der Waals surface area (Å²) in [6, 6.07) is 5.35. The summed E-state index contributed by atoms with van der Waals surface area (Å²) in [6.45, 7) is 0. The first-order chi connectivity index (χ1) is 7.83. The van der Waals surface area contributed by atoms with Crippen LogP contribution in [0.15, 0.2) is 30.6 Å². The number of nitrogens with zero attached hydrogens (tertiary/aromatic N) is 4. The molecule has 78 valence electrons. The normalized spacial score (nSPS) is 10.8. The number of fused-ring (bicyclic) bond motifs is 1. The van der Waals surface area contributed by atoms with E-state index in [1.54, 1.807) is 18.5 Å². The maximum absolute atomic E-state index is 5.79. The summed E-state index contributed by atoms with van der Waals surface area (Å²) in [4.78, 5) is 19.6. The Bertz CT molecular complexity index is 615. The van der Waals surface area contributed by atoms with Gasteiger partial charge >= 0.3 is 0 Å². The summed E-state index contributed by atoms with van der Waals surface area (Å²) in [5.41, 5.74) is 1.49. The lowest BCUT2D eigenvalue weighted by Gasteiger charge is -1.93. The van der Waals surface area contributed by atoms with Crippen LogP contribution in [0.2, 0.25) is 5.15 Å². The third kappa shape index (κ3) is 1.51. The first-order valence-corrected chi connectivity index (χ1v) is 5.00. The van der Waals surface area contributed by atoms with E-state index in [1.165, 1.54) is 0 Å². The number of rotatable bonds is 1. The molecule has 16 heavy (non-hydrogen) atoms. The van der Waals surface area contributed by atoms with Gasteiger partial charge in [-0.25, -0.2) is 19.9 Å². The van der Waals surface area contributed by atoms with Crippen LogP contribution >= 0.6 is 11.6 Å². The summed E-state index contributed by atoms with van der Waals surface area (Å²) in [5.74, 6) is 1.03. The van der Waals surface area contributed by atoms with Crippen molar-refractivity contribution in [3.05, 3.63) is 35.7 Å². The Kier molecular flexibility index (Phi) is 2.04. The summed E-state index contributed by atoms with van der Waals surface area (Å²) < 4.78 is 0. The fourth-order valence-electron chi connectivity index (χ4n) is 1.40. The molecule has 0 aliphatic heterocycles. The molecule has 0 aliphatic rings. The number of hydrogen-bond acceptors (Lipinski definition) is 4. The summed E-state index contributed by atoms with van der Waals surface area (Å²) >= 11 is 5.79. The molecule has 3 heterocycles. The first kappa shape index (κ1) is 9.23. The Balaban J connectivity index is 2.19. The molecule has 0 amide bonds. The zero-order chi connectivity index (χ0) is 11.0. The van der Waals surface area contributed by atoms with E-state index in [0.717, 1.165) is 5.52 Å². The highest BCUT2D eigenvalue weighted by molar-refractivity contribution is 6.29. The van der Waals surface area contributed by atoms with Crippen molar-refractivity contribution in [1.29, 1.82) is 0 Å². The second kappa shape index (κ2) is 3.53. The number of H-pyrrole nitrogens is 1. The second-order valence-electron chi connectivity index (χ2n) is 3.16. The van der Waals surface area contributed by atoms with Gasteiger partial charge in [-0.3, -0.25) is 0 Å². The Morgan fingerprint density at radius 3 is 2.81 bits per heavy atom. The molecule has 3 aromatic rings. The molecule has 0 spiro atoms. The molecule has 0 radical (unpaired) electrons. The van der Waals surface area contributed by atoms with Crippen molar-refractivity contribution < 1.29 is 0 Å². The maximum Gasteiger partial charge on any atom is 0.197 e. The van der Waals surface area contributed by atoms with Gasteiger partial charge in [-0.2, -0.15) is 0 Å². The van der Waals surface area contributed by atoms with E-state index in [9.17, 15) is 0 Å². The van der Waals surface area contributed by atoms with Crippen LogP contribution in [0.1, 0.15) is 0 Å². The van der Waals surface area contributed by atoms with Crippen LogP contribution in [-0.4, -0.2) is 24.9 Å². The highest BCUT2D eigenvalue weighted by atomic mass is 35.5. The van der Waals surface area contributed by atoms with Gasteiger partial charge in [-0.15, -0.1) is 0 Å². The Hall–Kier alpha value is -2.01. The first-order valence-electron chi connectivity index (χ1n) is 4.62. The molecule has 0 unspecified atom stereocenters. The number of halogens is 1. The Morgan fingerprint density at radius 2 is 2.00 bits per heavy atom. The van der Waals surface area contributed by atoms with E-state index in [2.05, 4.69) is 24.9 Å². The smallest absolute Gasteiger partial charge is 0.197 e. The molecule has 0 atom stereocenters. The van der Waals surface area contributed by atoms with Crippen molar-refractivity contribution in [3.8, 4) is 11.6 Å². The number of hydrogen-bond donors (Lipinski definition) is 1. The lowest BCUT2D eigenvalue weighted by Crippen LogP contribution is -1.89. The van der Waals surface area contributed by atoms with Crippen LogP contribution in [0.25, 0.3) is 22.8 Å². The standard InChI is InChI=1S/C10H6ClN5/c11-7-3-5-13-9(15-7)10-14-6-2-1-4-12-8(6)16-10/h1-5H,(H,12,14,16). The van der Waals surface area contributed by atoms with Gasteiger partial charge in [0.15, 0.2) is 17.3 Å². The quantitative estimate of drug-likeness (QED) is 0.651. The molecule has 0 aromatic carbocycles. The molecule has 0 bridgehead atoms. The molecule has 1 N–H and O–H groups in total. The van der Waals surface area contributed by atoms with Gasteiger partial charge in [0, 0.05) is 12.4 Å². The molecule has 3 rings (SSSR count). The number of aromatic amines is 1. The van der Waals surface area contributed by atoms with Gasteiger partial charge in [0.2, 0.25) is 0 Å². The van der Waals surface area contributed by atoms with Crippen molar-refractivity contribution >= 4 is 22.8 Å². The van der Waals surface area contributed by atoms with Crippen LogP contribution in [0, 0.1) is 0 Å². The fourth-order valence-corrected chi connectivity index (χ4v) is 1.54. The van der Waals surface area contributed by atoms with Crippen molar-refractivity contribution in [3.63, 3.8) is 0 Å². The van der Waals surface area contributed by atoms with Crippen molar-refractivity contribution in [2.75, 3.05) is 0 Å². The average Bonchev–Trinajstić information content (AvgIpc) is 2.72. The number of aromatic nitrogens is 5. The van der Waals surface area contributed by atoms with E-state index in [0.29, 0.717) is 22.4 Å². The van der Waals surface area contributed by atoms with Gasteiger partial charge in [0.25, 0.3) is 0 Å². The lowest BCUT2D eigenvalue weighted by atomic mass is 10.4. The Morgan fingerprint density at radius 1 is 1.06 bits per heavy atom. The van der Waals surface area contributed by atoms with E-state index < -0.39 is 0 Å². The van der Waals surface area contributed by atoms with Crippen molar-refractivity contribution in [1.82, 2.24) is 24.9 Å². The topological polar surface area (TPSA) is 67.3 Å². The van der Waals surface area contributed by atoms with Crippen LogP contribution in [0.3, 0.4) is 0 Å². The highest BCUT2D eigenvalue weighted by Crippen LogP contribution is 2.16. The van der Waals surface area contributed by atoms with E-state index in [4.69, 9.17) is 11.6 Å². The number of imidazole rings is 1. The van der Waals surface area contributed by atoms with Gasteiger partial charge in [0.05, 0.1) is 5.52 Å². The summed E-state index contributed by atoms with van der Waals surface area (Å²) in [6.07, 6.45) is 3.27. The minimum absolute atomic E-state index is 0.387. The molecular weight excluding hydrogens is 226 g/mol. The van der Waals surface area contributed by atoms with Crippen LogP contribution in [0.4, 0.5) is 0 Å². The zero-order valence-electron chi connectivity index (χ0n) is 8.05. The van der Waals surface area contributed by atoms with E-state index >= 15 is 0 Å². The Labute approximate surface area is 95.6 Å². The minimum Gasteiger partial charge on any atom is -0.334 e. The monoisotopic (exact) mass is 231 g/mol. The fraction of sp³-hybridized carbons (Fsp3) is 0. The summed E-state index contributed by atoms with van der Waals surface area (Å²) in [7, 11) is 0. The molecule has 0 saturated carbocycles. The molecule has 5 nitrogen and oxygen atoms in total. The van der Waals surface area contributed by atoms with E-state index in [-0.39, 0.29) is 0 Å². The predicted octanol–water partition coefficient (Wildman–Crippen LogP) is 2.07. The summed E-state index contributed by atoms with van der Waals surface area (Å²) in [5, 5.41) is 0.387. The number of nitrogens with one attached hydrogen (secondary N) is 1. The van der Waals surface area contributed by atoms with Crippen LogP contribution < -0.4 is 0 Å². The lowest BCUT2D eigenvalue weighted by molar-refractivity contribution is 1.12. The van der Waals surface area contributed by atoms with Gasteiger partial charge in [-0.05, 0) is 18.2 Å². The van der Waals surface area contributed by atoms with Gasteiger partial charge in [0.1, 0.15) is 5.15 Å². The number of pyridine rings is 1. The van der Waals surface area contributed by atoms with Crippen molar-refractivity contribution in [2.45, 2.75) is 0 Å².